The van der Waals surface area contributed by atoms with Crippen molar-refractivity contribution < 1.29 is 4.74 Å². The monoisotopic (exact) mass is 489 g/mol. The molecule has 7 nitrogen and oxygen atoms in total. The van der Waals surface area contributed by atoms with E-state index in [4.69, 9.17) is 9.72 Å². The number of H-pyrrole nitrogens is 1. The van der Waals surface area contributed by atoms with E-state index in [1.54, 1.807) is 18.4 Å². The Kier molecular flexibility index (Phi) is 5.97. The average Bonchev–Trinajstić information content (AvgIpc) is 3.40. The number of nitrogens with zero attached hydrogens (tertiary/aromatic N) is 4. The van der Waals surface area contributed by atoms with E-state index in [0.29, 0.717) is 16.4 Å². The maximum Gasteiger partial charge on any atom is 0.259 e. The van der Waals surface area contributed by atoms with Crippen molar-refractivity contribution in [2.45, 2.75) is 31.2 Å². The lowest BCUT2D eigenvalue weighted by Crippen LogP contribution is -2.12. The Labute approximate surface area is 204 Å². The second-order valence-corrected chi connectivity index (χ2v) is 10.4. The first-order chi connectivity index (χ1) is 16.5. The number of nitrogens with one attached hydrogen (secondary N) is 1. The lowest BCUT2D eigenvalue weighted by atomic mass is 10.2. The van der Waals surface area contributed by atoms with Crippen molar-refractivity contribution in [3.8, 4) is 22.8 Å². The molecule has 3 aromatic heterocycles. The van der Waals surface area contributed by atoms with Crippen molar-refractivity contribution in [1.29, 1.82) is 0 Å². The van der Waals surface area contributed by atoms with Gasteiger partial charge in [0.2, 0.25) is 0 Å². The fraction of sp³-hybridized carbons (Fsp3) is 0.200. The number of methoxy groups -OCH3 is 1. The van der Waals surface area contributed by atoms with Crippen LogP contribution in [0.25, 0.3) is 27.3 Å². The van der Waals surface area contributed by atoms with Crippen molar-refractivity contribution in [3.63, 3.8) is 0 Å². The second kappa shape index (κ2) is 9.08. The molecule has 1 N–H and O–H groups in total. The highest BCUT2D eigenvalue weighted by molar-refractivity contribution is 7.99. The van der Waals surface area contributed by atoms with Crippen LogP contribution < -0.4 is 10.3 Å². The molecule has 172 valence electrons. The smallest absolute Gasteiger partial charge is 0.259 e. The molecule has 5 aromatic rings. The molecule has 0 spiro atoms. The van der Waals surface area contributed by atoms with Gasteiger partial charge in [-0.2, -0.15) is 0 Å². The Morgan fingerprint density at radius 3 is 2.50 bits per heavy atom. The van der Waals surface area contributed by atoms with E-state index in [1.165, 1.54) is 11.8 Å². The second-order valence-electron chi connectivity index (χ2n) is 7.88. The predicted octanol–water partition coefficient (Wildman–Crippen LogP) is 5.71. The molecule has 2 aromatic carbocycles. The van der Waals surface area contributed by atoms with Crippen molar-refractivity contribution >= 4 is 33.3 Å². The summed E-state index contributed by atoms with van der Waals surface area (Å²) in [6.07, 6.45) is 0. The summed E-state index contributed by atoms with van der Waals surface area (Å²) < 4.78 is 7.34. The van der Waals surface area contributed by atoms with E-state index in [0.717, 1.165) is 38.1 Å². The van der Waals surface area contributed by atoms with Crippen molar-refractivity contribution in [1.82, 2.24) is 24.7 Å². The van der Waals surface area contributed by atoms with Gasteiger partial charge in [-0.3, -0.25) is 9.36 Å². The summed E-state index contributed by atoms with van der Waals surface area (Å²) in [6, 6.07) is 17.7. The van der Waals surface area contributed by atoms with E-state index in [9.17, 15) is 4.79 Å². The highest BCUT2D eigenvalue weighted by Crippen LogP contribution is 2.37. The molecule has 0 aliphatic heterocycles. The molecule has 0 bridgehead atoms. The first-order valence-corrected chi connectivity index (χ1v) is 12.5. The van der Waals surface area contributed by atoms with Crippen LogP contribution in [0.3, 0.4) is 0 Å². The number of hydrogen-bond donors (Lipinski definition) is 1. The van der Waals surface area contributed by atoms with Crippen molar-refractivity contribution in [2.75, 3.05) is 7.11 Å². The van der Waals surface area contributed by atoms with Crippen LogP contribution in [0, 0.1) is 13.8 Å². The number of hydrogen-bond acceptors (Lipinski definition) is 7. The third-order valence-electron chi connectivity index (χ3n) is 5.72. The van der Waals surface area contributed by atoms with Gasteiger partial charge in [0.15, 0.2) is 11.0 Å². The molecule has 3 heterocycles. The molecule has 34 heavy (non-hydrogen) atoms. The summed E-state index contributed by atoms with van der Waals surface area (Å²) in [6.45, 7) is 5.99. The number of aromatic nitrogens is 5. The summed E-state index contributed by atoms with van der Waals surface area (Å²) in [5, 5.41) is 10.2. The van der Waals surface area contributed by atoms with Gasteiger partial charge in [-0.15, -0.1) is 21.5 Å². The van der Waals surface area contributed by atoms with Gasteiger partial charge in [0.25, 0.3) is 5.56 Å². The number of aromatic amines is 1. The number of ether oxygens (including phenoxy) is 1. The van der Waals surface area contributed by atoms with E-state index in [1.807, 2.05) is 79.9 Å². The summed E-state index contributed by atoms with van der Waals surface area (Å²) >= 11 is 3.05. The number of aryl methyl sites for hydroxylation is 2. The predicted molar refractivity (Wildman–Crippen MR) is 137 cm³/mol. The normalized spacial score (nSPS) is 12.2. The molecule has 0 aliphatic rings. The Hall–Kier alpha value is -3.43. The van der Waals surface area contributed by atoms with Gasteiger partial charge in [-0.05, 0) is 50.6 Å². The zero-order chi connectivity index (χ0) is 23.8. The molecule has 0 fully saturated rings. The third kappa shape index (κ3) is 4.01. The van der Waals surface area contributed by atoms with Gasteiger partial charge in [0.05, 0.1) is 17.7 Å². The number of thioether (sulfide) groups is 1. The maximum absolute atomic E-state index is 12.8. The maximum atomic E-state index is 12.8. The highest BCUT2D eigenvalue weighted by atomic mass is 32.2. The van der Waals surface area contributed by atoms with Gasteiger partial charge in [0.1, 0.15) is 16.4 Å². The van der Waals surface area contributed by atoms with Crippen molar-refractivity contribution in [2.24, 2.45) is 0 Å². The average molecular weight is 490 g/mol. The quantitative estimate of drug-likeness (QED) is 0.308. The Morgan fingerprint density at radius 1 is 1.06 bits per heavy atom. The van der Waals surface area contributed by atoms with Crippen LogP contribution in [-0.4, -0.2) is 31.8 Å². The Bertz CT molecular complexity index is 1520. The number of fused-ring (bicyclic) bond motifs is 1. The molecule has 5 rings (SSSR count). The fourth-order valence-electron chi connectivity index (χ4n) is 3.76. The summed E-state index contributed by atoms with van der Waals surface area (Å²) in [7, 11) is 1.65. The Morgan fingerprint density at radius 2 is 1.79 bits per heavy atom. The topological polar surface area (TPSA) is 85.7 Å². The summed E-state index contributed by atoms with van der Waals surface area (Å²) in [5.41, 5.74) is 2.77. The summed E-state index contributed by atoms with van der Waals surface area (Å²) in [5.74, 6) is 2.13. The van der Waals surface area contributed by atoms with Crippen LogP contribution in [0.2, 0.25) is 0 Å². The van der Waals surface area contributed by atoms with E-state index < -0.39 is 0 Å². The molecule has 1 unspecified atom stereocenters. The minimum Gasteiger partial charge on any atom is -0.497 e. The molecular formula is C25H23N5O2S2. The highest BCUT2D eigenvalue weighted by Gasteiger charge is 2.21. The lowest BCUT2D eigenvalue weighted by molar-refractivity contribution is 0.414. The van der Waals surface area contributed by atoms with Crippen LogP contribution in [0.15, 0.2) is 64.5 Å². The first kappa shape index (κ1) is 22.4. The molecule has 0 radical (unpaired) electrons. The first-order valence-electron chi connectivity index (χ1n) is 10.8. The lowest BCUT2D eigenvalue weighted by Gasteiger charge is -2.14. The number of rotatable bonds is 6. The SMILES string of the molecule is COc1ccc(-n2c(SC(C)c3nc4sc(C)c(C)c4c(=O)[nH]3)nnc2-c2ccccc2)cc1. The zero-order valence-electron chi connectivity index (χ0n) is 19.2. The van der Waals surface area contributed by atoms with Gasteiger partial charge in [-0.1, -0.05) is 42.1 Å². The van der Waals surface area contributed by atoms with E-state index >= 15 is 0 Å². The van der Waals surface area contributed by atoms with Crippen molar-refractivity contribution in [3.05, 3.63) is 81.2 Å². The van der Waals surface area contributed by atoms with Crippen LogP contribution >= 0.6 is 23.1 Å². The fourth-order valence-corrected chi connectivity index (χ4v) is 5.72. The number of benzene rings is 2. The standard InChI is InChI=1S/C25H23N5O2S2/c1-14-15(2)33-24-20(14)23(31)26-21(27-24)16(3)34-25-29-28-22(17-8-6-5-7-9-17)30(25)18-10-12-19(32-4)13-11-18/h5-13,16H,1-4H3,(H,26,27,31). The van der Waals surface area contributed by atoms with Crippen LogP contribution in [0.1, 0.15) is 28.4 Å². The van der Waals surface area contributed by atoms with E-state index in [-0.39, 0.29) is 10.8 Å². The molecule has 1 atom stereocenters. The summed E-state index contributed by atoms with van der Waals surface area (Å²) in [4.78, 5) is 22.4. The van der Waals surface area contributed by atoms with Crippen LogP contribution in [0.5, 0.6) is 5.75 Å². The molecule has 9 heteroatoms. The molecule has 0 saturated carbocycles. The van der Waals surface area contributed by atoms with Gasteiger partial charge in [0, 0.05) is 16.1 Å². The van der Waals surface area contributed by atoms with Crippen LogP contribution in [0.4, 0.5) is 0 Å². The minimum atomic E-state index is -0.148. The zero-order valence-corrected chi connectivity index (χ0v) is 20.8. The minimum absolute atomic E-state index is 0.101. The Balaban J connectivity index is 1.56. The van der Waals surface area contributed by atoms with Gasteiger partial charge >= 0.3 is 0 Å². The molecule has 0 saturated heterocycles. The molecule has 0 amide bonds. The largest absolute Gasteiger partial charge is 0.497 e. The van der Waals surface area contributed by atoms with Gasteiger partial charge < -0.3 is 9.72 Å². The third-order valence-corrected chi connectivity index (χ3v) is 7.87. The van der Waals surface area contributed by atoms with Crippen LogP contribution in [-0.2, 0) is 0 Å². The molecule has 0 aliphatic carbocycles. The number of thiophene rings is 1. The van der Waals surface area contributed by atoms with E-state index in [2.05, 4.69) is 15.2 Å². The molecular weight excluding hydrogens is 466 g/mol. The van der Waals surface area contributed by atoms with Gasteiger partial charge in [-0.25, -0.2) is 4.98 Å².